The van der Waals surface area contributed by atoms with Crippen molar-refractivity contribution in [2.24, 2.45) is 23.3 Å². The molecule has 28 heavy (non-hydrogen) atoms. The van der Waals surface area contributed by atoms with E-state index in [4.69, 9.17) is 11.5 Å². The van der Waals surface area contributed by atoms with Crippen LogP contribution in [0.1, 0.15) is 53.9 Å². The number of hydrogen-bond donors (Lipinski definition) is 4. The van der Waals surface area contributed by atoms with E-state index in [-0.39, 0.29) is 38.3 Å². The van der Waals surface area contributed by atoms with E-state index in [0.29, 0.717) is 12.8 Å². The van der Waals surface area contributed by atoms with Crippen molar-refractivity contribution in [2.45, 2.75) is 67.5 Å². The van der Waals surface area contributed by atoms with Crippen molar-refractivity contribution in [3.05, 3.63) is 36.4 Å². The molecule has 0 fully saturated rings. The molecule has 0 unspecified atom stereocenters. The Bertz CT molecular complexity index is 592. The van der Waals surface area contributed by atoms with Gasteiger partial charge in [-0.1, -0.05) is 42.5 Å². The van der Waals surface area contributed by atoms with Crippen LogP contribution in [0.25, 0.3) is 0 Å². The first-order valence-electron chi connectivity index (χ1n) is 8.75. The smallest absolute Gasteiger partial charge is 0.152 e. The van der Waals surface area contributed by atoms with Crippen LogP contribution < -0.4 is 11.5 Å². The third-order valence-electron chi connectivity index (χ3n) is 3.86. The molecule has 2 aromatic rings. The molecule has 0 aliphatic carbocycles. The summed E-state index contributed by atoms with van der Waals surface area (Å²) in [6.45, 7) is 7.43. The lowest BCUT2D eigenvalue weighted by Crippen LogP contribution is -2.35. The summed E-state index contributed by atoms with van der Waals surface area (Å²) in [6.07, 6.45) is 7.62. The normalized spacial score (nSPS) is 12.3. The molecule has 2 atom stereocenters. The summed E-state index contributed by atoms with van der Waals surface area (Å²) >= 11 is 0. The zero-order valence-corrected chi connectivity index (χ0v) is 15.9. The van der Waals surface area contributed by atoms with Crippen LogP contribution in [0.2, 0.25) is 0 Å². The molecule has 6 N–H and O–H groups in total. The monoisotopic (exact) mass is 394 g/mol. The van der Waals surface area contributed by atoms with Gasteiger partial charge in [0.2, 0.25) is 0 Å². The number of carbonyl (C=O) groups is 2. The van der Waals surface area contributed by atoms with Gasteiger partial charge in [-0.3, -0.25) is 9.59 Å². The highest BCUT2D eigenvalue weighted by Crippen LogP contribution is 2.04. The van der Waals surface area contributed by atoms with Crippen LogP contribution in [0, 0.1) is 11.8 Å². The van der Waals surface area contributed by atoms with Gasteiger partial charge >= 0.3 is 0 Å². The fourth-order valence-electron chi connectivity index (χ4n) is 2.32. The number of nitrogens with zero attached hydrogens (tertiary/aromatic N) is 2. The number of aromatic nitrogens is 4. The highest BCUT2D eigenvalue weighted by Gasteiger charge is 2.18. The van der Waals surface area contributed by atoms with Crippen molar-refractivity contribution in [1.29, 1.82) is 0 Å². The number of nitrogens with one attached hydrogen (secondary N) is 2. The van der Waals surface area contributed by atoms with Crippen molar-refractivity contribution in [1.82, 2.24) is 19.9 Å². The molecular formula is C20H38N6O2. The van der Waals surface area contributed by atoms with Crippen LogP contribution in [0.5, 0.6) is 0 Å². The Hall–Kier alpha value is -2.32. The average Bonchev–Trinajstić information content (AvgIpc) is 3.27. The molecule has 0 saturated heterocycles. The molecule has 0 saturated carbocycles. The fraction of sp³-hybridized carbons (Fsp3) is 0.600. The van der Waals surface area contributed by atoms with Crippen LogP contribution in [0.4, 0.5) is 0 Å². The standard InChI is InChI=1S/2C9H15N3O.2CH4/c2*1-6(2)9(13)8(10)3-7-4-11-5-12-7;;/h2*4-6,8H,3,10H2,1-2H3,(H,11,12);2*1H4/t2*8-;;/m00../s1. The minimum atomic E-state index is -0.416. The number of carbonyl (C=O) groups excluding carboxylic acids is 2. The van der Waals surface area contributed by atoms with Crippen molar-refractivity contribution in [2.75, 3.05) is 0 Å². The van der Waals surface area contributed by atoms with E-state index in [9.17, 15) is 9.59 Å². The lowest BCUT2D eigenvalue weighted by molar-refractivity contribution is -0.123. The predicted octanol–water partition coefficient (Wildman–Crippen LogP) is 2.28. The first kappa shape index (κ1) is 27.9. The maximum absolute atomic E-state index is 11.4. The van der Waals surface area contributed by atoms with Crippen molar-refractivity contribution in [3.8, 4) is 0 Å². The molecule has 0 aliphatic heterocycles. The summed E-state index contributed by atoms with van der Waals surface area (Å²) < 4.78 is 0. The number of hydrogen-bond acceptors (Lipinski definition) is 6. The second kappa shape index (κ2) is 13.8. The zero-order chi connectivity index (χ0) is 19.7. The van der Waals surface area contributed by atoms with Gasteiger partial charge in [0, 0.05) is 48.5 Å². The Morgan fingerprint density at radius 1 is 0.821 bits per heavy atom. The highest BCUT2D eigenvalue weighted by atomic mass is 16.1. The van der Waals surface area contributed by atoms with Crippen LogP contribution in [0.3, 0.4) is 0 Å². The Balaban J connectivity index is 0. The van der Waals surface area contributed by atoms with E-state index in [0.717, 1.165) is 11.4 Å². The van der Waals surface area contributed by atoms with Crippen LogP contribution in [-0.2, 0) is 22.4 Å². The third-order valence-corrected chi connectivity index (χ3v) is 3.86. The Morgan fingerprint density at radius 3 is 1.36 bits per heavy atom. The number of aromatic amines is 2. The number of Topliss-reactive ketones (excluding diaryl/α,β-unsaturated/α-hetero) is 2. The molecule has 2 heterocycles. The van der Waals surface area contributed by atoms with E-state index in [1.807, 2.05) is 27.7 Å². The first-order chi connectivity index (χ1) is 12.2. The lowest BCUT2D eigenvalue weighted by Gasteiger charge is -2.11. The molecule has 0 aromatic carbocycles. The quantitative estimate of drug-likeness (QED) is 0.541. The Morgan fingerprint density at radius 2 is 1.14 bits per heavy atom. The molecular weight excluding hydrogens is 356 g/mol. The van der Waals surface area contributed by atoms with Gasteiger partial charge in [0.25, 0.3) is 0 Å². The van der Waals surface area contributed by atoms with Gasteiger partial charge in [-0.2, -0.15) is 0 Å². The van der Waals surface area contributed by atoms with Crippen LogP contribution in [-0.4, -0.2) is 43.6 Å². The van der Waals surface area contributed by atoms with E-state index in [1.54, 1.807) is 25.0 Å². The zero-order valence-electron chi connectivity index (χ0n) is 15.9. The number of imidazole rings is 2. The number of ketones is 2. The van der Waals surface area contributed by atoms with Gasteiger partial charge in [-0.05, 0) is 0 Å². The molecule has 0 radical (unpaired) electrons. The third kappa shape index (κ3) is 9.57. The summed E-state index contributed by atoms with van der Waals surface area (Å²) in [5, 5.41) is 0. The van der Waals surface area contributed by atoms with Gasteiger partial charge in [0.05, 0.1) is 24.7 Å². The van der Waals surface area contributed by atoms with E-state index in [2.05, 4.69) is 19.9 Å². The molecule has 0 amide bonds. The molecule has 2 rings (SSSR count). The molecule has 8 nitrogen and oxygen atoms in total. The molecule has 8 heteroatoms. The molecule has 0 spiro atoms. The van der Waals surface area contributed by atoms with Crippen molar-refractivity contribution in [3.63, 3.8) is 0 Å². The van der Waals surface area contributed by atoms with Crippen molar-refractivity contribution < 1.29 is 9.59 Å². The second-order valence-electron chi connectivity index (χ2n) is 6.89. The lowest BCUT2D eigenvalue weighted by atomic mass is 9.99. The molecule has 0 bridgehead atoms. The average molecular weight is 395 g/mol. The van der Waals surface area contributed by atoms with Gasteiger partial charge in [0.15, 0.2) is 11.6 Å². The number of H-pyrrole nitrogens is 2. The van der Waals surface area contributed by atoms with E-state index in [1.165, 1.54) is 0 Å². The minimum absolute atomic E-state index is 0. The van der Waals surface area contributed by atoms with E-state index < -0.39 is 12.1 Å². The minimum Gasteiger partial charge on any atom is -0.348 e. The van der Waals surface area contributed by atoms with Gasteiger partial charge in [-0.15, -0.1) is 0 Å². The van der Waals surface area contributed by atoms with Crippen LogP contribution >= 0.6 is 0 Å². The number of rotatable bonds is 8. The summed E-state index contributed by atoms with van der Waals surface area (Å²) in [4.78, 5) is 36.4. The molecule has 160 valence electrons. The number of nitrogens with two attached hydrogens (primary N) is 2. The maximum Gasteiger partial charge on any atom is 0.152 e. The molecule has 0 aliphatic rings. The SMILES string of the molecule is C.C.CC(C)C(=O)[C@@H](N)Cc1cnc[nH]1.CC(C)C(=O)[C@@H](N)Cc1cnc[nH]1. The first-order valence-corrected chi connectivity index (χ1v) is 8.75. The second-order valence-corrected chi connectivity index (χ2v) is 6.89. The summed E-state index contributed by atoms with van der Waals surface area (Å²) in [6, 6.07) is -0.833. The summed E-state index contributed by atoms with van der Waals surface area (Å²) in [5.41, 5.74) is 13.2. The largest absolute Gasteiger partial charge is 0.348 e. The summed E-state index contributed by atoms with van der Waals surface area (Å²) in [7, 11) is 0. The highest BCUT2D eigenvalue weighted by molar-refractivity contribution is 5.86. The van der Waals surface area contributed by atoms with E-state index >= 15 is 0 Å². The van der Waals surface area contributed by atoms with Gasteiger partial charge in [0.1, 0.15) is 0 Å². The summed E-state index contributed by atoms with van der Waals surface area (Å²) in [5.74, 6) is 0.181. The van der Waals surface area contributed by atoms with Crippen molar-refractivity contribution >= 4 is 11.6 Å². The van der Waals surface area contributed by atoms with Gasteiger partial charge in [-0.25, -0.2) is 9.97 Å². The van der Waals surface area contributed by atoms with Gasteiger partial charge < -0.3 is 21.4 Å². The maximum atomic E-state index is 11.4. The topological polar surface area (TPSA) is 144 Å². The Kier molecular flexibility index (Phi) is 13.7. The van der Waals surface area contributed by atoms with Crippen LogP contribution in [0.15, 0.2) is 25.0 Å². The Labute approximate surface area is 168 Å². The predicted molar refractivity (Wildman–Crippen MR) is 114 cm³/mol. The molecule has 2 aromatic heterocycles. The fourth-order valence-corrected chi connectivity index (χ4v) is 2.32.